The van der Waals surface area contributed by atoms with Gasteiger partial charge in [0.1, 0.15) is 12.9 Å². The zero-order chi connectivity index (χ0) is 13.5. The molecule has 0 N–H and O–H groups in total. The van der Waals surface area contributed by atoms with Crippen molar-refractivity contribution in [2.24, 2.45) is 11.3 Å². The molecule has 18 heavy (non-hydrogen) atoms. The van der Waals surface area contributed by atoms with Crippen LogP contribution in [-0.2, 0) is 9.47 Å². The maximum atomic E-state index is 5.75. The molecule has 1 saturated heterocycles. The van der Waals surface area contributed by atoms with Crippen LogP contribution in [0.25, 0.3) is 0 Å². The van der Waals surface area contributed by atoms with E-state index in [4.69, 9.17) is 9.47 Å². The van der Waals surface area contributed by atoms with Gasteiger partial charge in [0.25, 0.3) is 0 Å². The summed E-state index contributed by atoms with van der Waals surface area (Å²) in [5.74, 6) is 0.337. The fourth-order valence-electron chi connectivity index (χ4n) is 2.70. The monoisotopic (exact) mass is 312 g/mol. The molecule has 1 fully saturated rings. The van der Waals surface area contributed by atoms with Gasteiger partial charge in [-0.05, 0) is 30.9 Å². The molecule has 0 aromatic carbocycles. The van der Waals surface area contributed by atoms with Gasteiger partial charge in [-0.3, -0.25) is 0 Å². The Balaban J connectivity index is 2.37. The molecule has 1 aliphatic heterocycles. The predicted molar refractivity (Wildman–Crippen MR) is 77.5 cm³/mol. The van der Waals surface area contributed by atoms with Gasteiger partial charge in [-0.15, -0.1) is 0 Å². The number of ether oxygens (including phenoxy) is 2. The molecule has 2 aliphatic rings. The Kier molecular flexibility index (Phi) is 3.86. The second kappa shape index (κ2) is 4.95. The Morgan fingerprint density at radius 1 is 1.44 bits per heavy atom. The molecule has 3 heteroatoms. The van der Waals surface area contributed by atoms with Gasteiger partial charge in [0.2, 0.25) is 0 Å². The van der Waals surface area contributed by atoms with Crippen LogP contribution < -0.4 is 0 Å². The highest BCUT2D eigenvalue weighted by molar-refractivity contribution is 9.11. The van der Waals surface area contributed by atoms with E-state index in [1.54, 1.807) is 0 Å². The first-order chi connectivity index (χ1) is 8.34. The summed E-state index contributed by atoms with van der Waals surface area (Å²) in [5.41, 5.74) is 2.23. The van der Waals surface area contributed by atoms with Crippen molar-refractivity contribution in [2.75, 3.05) is 6.79 Å². The van der Waals surface area contributed by atoms with Crippen LogP contribution in [0.2, 0.25) is 0 Å². The van der Waals surface area contributed by atoms with Crippen molar-refractivity contribution in [1.82, 2.24) is 0 Å². The molecule has 1 aliphatic carbocycles. The van der Waals surface area contributed by atoms with Crippen molar-refractivity contribution in [2.45, 2.75) is 39.4 Å². The average Bonchev–Trinajstić information content (AvgIpc) is 2.26. The van der Waals surface area contributed by atoms with Crippen LogP contribution in [0.3, 0.4) is 0 Å². The van der Waals surface area contributed by atoms with E-state index >= 15 is 0 Å². The van der Waals surface area contributed by atoms with Crippen molar-refractivity contribution in [3.63, 3.8) is 0 Å². The Morgan fingerprint density at radius 2 is 2.11 bits per heavy atom. The summed E-state index contributed by atoms with van der Waals surface area (Å²) in [6.07, 6.45) is 3.03. The summed E-state index contributed by atoms with van der Waals surface area (Å²) < 4.78 is 12.7. The van der Waals surface area contributed by atoms with Crippen LogP contribution in [0, 0.1) is 11.3 Å². The highest BCUT2D eigenvalue weighted by Crippen LogP contribution is 2.50. The lowest BCUT2D eigenvalue weighted by molar-refractivity contribution is -0.113. The number of hydrogen-bond acceptors (Lipinski definition) is 2. The maximum absolute atomic E-state index is 5.75. The quantitative estimate of drug-likeness (QED) is 0.676. The first kappa shape index (κ1) is 14.0. The molecule has 0 amide bonds. The third kappa shape index (κ3) is 2.36. The second-order valence-corrected chi connectivity index (χ2v) is 6.66. The first-order valence-corrected chi connectivity index (χ1v) is 7.08. The summed E-state index contributed by atoms with van der Waals surface area (Å²) in [5, 5.41) is 0. The molecule has 1 heterocycles. The largest absolute Gasteiger partial charge is 0.348 e. The molecule has 2 rings (SSSR count). The van der Waals surface area contributed by atoms with Gasteiger partial charge in [-0.2, -0.15) is 0 Å². The van der Waals surface area contributed by atoms with Gasteiger partial charge >= 0.3 is 0 Å². The summed E-state index contributed by atoms with van der Waals surface area (Å²) >= 11 is 3.69. The van der Waals surface area contributed by atoms with E-state index in [1.165, 1.54) is 4.48 Å². The van der Waals surface area contributed by atoms with Crippen LogP contribution in [0.15, 0.2) is 34.9 Å². The summed E-state index contributed by atoms with van der Waals surface area (Å²) in [7, 11) is 0. The van der Waals surface area contributed by atoms with Crippen molar-refractivity contribution in [3.8, 4) is 0 Å². The molecule has 100 valence electrons. The Labute approximate surface area is 118 Å². The zero-order valence-electron chi connectivity index (χ0n) is 11.3. The fraction of sp³-hybridized carbons (Fsp3) is 0.600. The summed E-state index contributed by atoms with van der Waals surface area (Å²) in [6.45, 7) is 15.0. The standard InChI is InChI=1S/C15H21BrO2/c1-9(2)12-6-11-10(3)13(18-8-17-12)7-14(16)15(11,4)5/h7,11-13H,1,3,6,8H2,2,4-5H3. The minimum atomic E-state index is -0.0385. The van der Waals surface area contributed by atoms with Gasteiger partial charge < -0.3 is 9.47 Å². The highest BCUT2D eigenvalue weighted by Gasteiger charge is 2.42. The normalized spacial score (nSPS) is 35.4. The lowest BCUT2D eigenvalue weighted by atomic mass is 9.67. The molecule has 0 aromatic rings. The summed E-state index contributed by atoms with van der Waals surface area (Å²) in [6, 6.07) is 0. The van der Waals surface area contributed by atoms with Crippen LogP contribution in [0.5, 0.6) is 0 Å². The fourth-order valence-corrected chi connectivity index (χ4v) is 3.22. The van der Waals surface area contributed by atoms with Crippen LogP contribution in [0.1, 0.15) is 27.2 Å². The average molecular weight is 313 g/mol. The first-order valence-electron chi connectivity index (χ1n) is 6.29. The molecule has 2 nitrogen and oxygen atoms in total. The van der Waals surface area contributed by atoms with E-state index in [0.29, 0.717) is 12.7 Å². The van der Waals surface area contributed by atoms with E-state index in [-0.39, 0.29) is 17.6 Å². The van der Waals surface area contributed by atoms with E-state index in [0.717, 1.165) is 17.6 Å². The number of fused-ring (bicyclic) bond motifs is 2. The Hall–Kier alpha value is -0.380. The maximum Gasteiger partial charge on any atom is 0.148 e. The molecular formula is C15H21BrO2. The lowest BCUT2D eigenvalue weighted by Crippen LogP contribution is -2.40. The van der Waals surface area contributed by atoms with Crippen LogP contribution >= 0.6 is 15.9 Å². The zero-order valence-corrected chi connectivity index (χ0v) is 12.9. The number of rotatable bonds is 1. The molecule has 3 unspecified atom stereocenters. The van der Waals surface area contributed by atoms with Gasteiger partial charge in [0.05, 0.1) is 6.10 Å². The van der Waals surface area contributed by atoms with E-state index in [2.05, 4.69) is 49.0 Å². The molecule has 3 atom stereocenters. The minimum Gasteiger partial charge on any atom is -0.348 e. The van der Waals surface area contributed by atoms with Crippen molar-refractivity contribution in [3.05, 3.63) is 34.9 Å². The molecule has 0 saturated carbocycles. The minimum absolute atomic E-state index is 0.0331. The topological polar surface area (TPSA) is 18.5 Å². The predicted octanol–water partition coefficient (Wildman–Crippen LogP) is 4.19. The Bertz CT molecular complexity index is 409. The second-order valence-electron chi connectivity index (χ2n) is 5.81. The third-order valence-corrected chi connectivity index (χ3v) is 5.40. The van der Waals surface area contributed by atoms with Gasteiger partial charge in [0, 0.05) is 9.90 Å². The number of hydrogen-bond donors (Lipinski definition) is 0. The highest BCUT2D eigenvalue weighted by atomic mass is 79.9. The molecule has 0 radical (unpaired) electrons. The van der Waals surface area contributed by atoms with Gasteiger partial charge in [-0.25, -0.2) is 0 Å². The van der Waals surface area contributed by atoms with Gasteiger partial charge in [-0.1, -0.05) is 48.5 Å². The molecule has 2 bridgehead atoms. The smallest absolute Gasteiger partial charge is 0.148 e. The summed E-state index contributed by atoms with van der Waals surface area (Å²) in [4.78, 5) is 0. The molecule has 0 spiro atoms. The van der Waals surface area contributed by atoms with E-state index in [9.17, 15) is 0 Å². The Morgan fingerprint density at radius 3 is 2.72 bits per heavy atom. The third-order valence-electron chi connectivity index (χ3n) is 4.11. The van der Waals surface area contributed by atoms with E-state index in [1.807, 2.05) is 6.92 Å². The van der Waals surface area contributed by atoms with Crippen molar-refractivity contribution >= 4 is 15.9 Å². The molecular weight excluding hydrogens is 292 g/mol. The van der Waals surface area contributed by atoms with E-state index < -0.39 is 0 Å². The SMILES string of the molecule is C=C(C)C1CC2C(=C)C(C=C(Br)C2(C)C)OCO1. The van der Waals surface area contributed by atoms with Crippen molar-refractivity contribution in [1.29, 1.82) is 0 Å². The number of allylic oxidation sites excluding steroid dienone is 1. The van der Waals surface area contributed by atoms with Crippen molar-refractivity contribution < 1.29 is 9.47 Å². The van der Waals surface area contributed by atoms with Gasteiger partial charge in [0.15, 0.2) is 0 Å². The van der Waals surface area contributed by atoms with Crippen LogP contribution in [-0.4, -0.2) is 19.0 Å². The number of halogens is 1. The lowest BCUT2D eigenvalue weighted by Gasteiger charge is -2.45. The molecule has 0 aromatic heterocycles. The van der Waals surface area contributed by atoms with Crippen LogP contribution in [0.4, 0.5) is 0 Å².